The Morgan fingerprint density at radius 3 is 2.48 bits per heavy atom. The molecule has 5 nitrogen and oxygen atoms in total. The summed E-state index contributed by atoms with van der Waals surface area (Å²) in [6.45, 7) is 16.4. The van der Waals surface area contributed by atoms with Gasteiger partial charge in [-0.3, -0.25) is 0 Å². The molecule has 148 valence electrons. The molecule has 0 aromatic rings. The maximum Gasteiger partial charge on any atom is 0.191 e. The molecule has 25 heavy (non-hydrogen) atoms. The lowest BCUT2D eigenvalue weighted by molar-refractivity contribution is -0.313. The second-order valence-electron chi connectivity index (χ2n) is 9.48. The molecule has 0 amide bonds. The molecule has 2 heterocycles. The Balaban J connectivity index is 1.82. The maximum atomic E-state index is 10.5. The molecule has 0 unspecified atom stereocenters. The van der Waals surface area contributed by atoms with Gasteiger partial charge in [0.25, 0.3) is 0 Å². The van der Waals surface area contributed by atoms with Crippen LogP contribution in [0, 0.1) is 0 Å². The summed E-state index contributed by atoms with van der Waals surface area (Å²) in [5.74, 6) is -0.563. The fourth-order valence-corrected chi connectivity index (χ4v) is 4.25. The van der Waals surface area contributed by atoms with Crippen LogP contribution in [0.15, 0.2) is 0 Å². The molecular weight excluding hydrogens is 336 g/mol. The summed E-state index contributed by atoms with van der Waals surface area (Å²) in [5.41, 5.74) is 0. The molecule has 0 aromatic heterocycles. The van der Waals surface area contributed by atoms with E-state index in [0.717, 1.165) is 25.9 Å². The van der Waals surface area contributed by atoms with Crippen molar-refractivity contribution in [2.75, 3.05) is 13.2 Å². The lowest BCUT2D eigenvalue weighted by atomic mass is 10.0. The number of rotatable bonds is 5. The largest absolute Gasteiger partial charge is 0.417 e. The molecule has 6 heteroatoms. The predicted molar refractivity (Wildman–Crippen MR) is 101 cm³/mol. The minimum Gasteiger partial charge on any atom is -0.417 e. The van der Waals surface area contributed by atoms with Gasteiger partial charge in [0.1, 0.15) is 6.10 Å². The number of ether oxygens (including phenoxy) is 3. The van der Waals surface area contributed by atoms with Gasteiger partial charge in [0.15, 0.2) is 14.1 Å². The average Bonchev–Trinajstić information content (AvgIpc) is 2.61. The molecule has 0 aromatic carbocycles. The second kappa shape index (κ2) is 7.95. The summed E-state index contributed by atoms with van der Waals surface area (Å²) < 4.78 is 24.1. The Hall–Kier alpha value is 0.0169. The van der Waals surface area contributed by atoms with Crippen LogP contribution in [0.4, 0.5) is 0 Å². The fourth-order valence-electron chi connectivity index (χ4n) is 3.16. The van der Waals surface area contributed by atoms with Crippen LogP contribution in [-0.4, -0.2) is 56.8 Å². The van der Waals surface area contributed by atoms with E-state index in [2.05, 4.69) is 33.9 Å². The highest BCUT2D eigenvalue weighted by Gasteiger charge is 2.42. The Kier molecular flexibility index (Phi) is 6.78. The third kappa shape index (κ3) is 5.74. The summed E-state index contributed by atoms with van der Waals surface area (Å²) in [7, 11) is -1.71. The Morgan fingerprint density at radius 2 is 1.84 bits per heavy atom. The first-order valence-electron chi connectivity index (χ1n) is 9.70. The third-order valence-electron chi connectivity index (χ3n) is 5.87. The van der Waals surface area contributed by atoms with Crippen molar-refractivity contribution >= 4 is 8.32 Å². The maximum absolute atomic E-state index is 10.5. The van der Waals surface area contributed by atoms with Crippen molar-refractivity contribution in [2.24, 2.45) is 0 Å². The van der Waals surface area contributed by atoms with Crippen LogP contribution in [0.25, 0.3) is 0 Å². The van der Waals surface area contributed by atoms with Crippen LogP contribution in [0.1, 0.15) is 60.3 Å². The first-order valence-corrected chi connectivity index (χ1v) is 12.6. The second-order valence-corrected chi connectivity index (χ2v) is 14.3. The first-order chi connectivity index (χ1) is 11.4. The summed E-state index contributed by atoms with van der Waals surface area (Å²) >= 11 is 0. The van der Waals surface area contributed by atoms with Crippen molar-refractivity contribution in [1.82, 2.24) is 0 Å². The van der Waals surface area contributed by atoms with Crippen LogP contribution in [0.2, 0.25) is 18.1 Å². The van der Waals surface area contributed by atoms with Crippen LogP contribution in [0.3, 0.4) is 0 Å². The SMILES string of the molecule is CC1(C)OC[C@H]2O[C@@H](CCCO[Si](C)(C)C(C)(C)C)[C@H](O)CC[C@@H]2O1. The quantitative estimate of drug-likeness (QED) is 0.585. The van der Waals surface area contributed by atoms with Crippen LogP contribution in [-0.2, 0) is 18.6 Å². The summed E-state index contributed by atoms with van der Waals surface area (Å²) in [6.07, 6.45) is 2.56. The van der Waals surface area contributed by atoms with E-state index in [1.165, 1.54) is 0 Å². The van der Waals surface area contributed by atoms with Gasteiger partial charge in [-0.15, -0.1) is 0 Å². The molecule has 2 fully saturated rings. The molecule has 0 bridgehead atoms. The van der Waals surface area contributed by atoms with Crippen molar-refractivity contribution in [2.45, 2.75) is 109 Å². The lowest BCUT2D eigenvalue weighted by Gasteiger charge is -2.40. The van der Waals surface area contributed by atoms with E-state index in [9.17, 15) is 5.11 Å². The Labute approximate surface area is 154 Å². The zero-order chi connectivity index (χ0) is 18.9. The zero-order valence-corrected chi connectivity index (χ0v) is 18.1. The first kappa shape index (κ1) is 21.3. The highest BCUT2D eigenvalue weighted by molar-refractivity contribution is 6.74. The van der Waals surface area contributed by atoms with Crippen LogP contribution < -0.4 is 0 Å². The molecule has 0 saturated carbocycles. The van der Waals surface area contributed by atoms with E-state index >= 15 is 0 Å². The minimum atomic E-state index is -1.71. The number of hydrogen-bond donors (Lipinski definition) is 1. The molecule has 0 spiro atoms. The van der Waals surface area contributed by atoms with E-state index in [-0.39, 0.29) is 23.4 Å². The molecule has 1 N–H and O–H groups in total. The van der Waals surface area contributed by atoms with Crippen molar-refractivity contribution in [3.63, 3.8) is 0 Å². The molecule has 2 rings (SSSR count). The minimum absolute atomic E-state index is 0.00637. The van der Waals surface area contributed by atoms with Crippen LogP contribution in [0.5, 0.6) is 0 Å². The standard InChI is InChI=1S/C19H38O5Si/c1-18(2,3)25(6,7)22-12-8-9-15-14(20)10-11-16-17(23-15)13-21-19(4,5)24-16/h14-17,20H,8-13H2,1-7H3/t14-,15+,16+,17-/m1/s1. The van der Waals surface area contributed by atoms with Crippen molar-refractivity contribution < 1.29 is 23.7 Å². The number of aliphatic hydroxyl groups excluding tert-OH is 1. The fraction of sp³-hybridized carbons (Fsp3) is 1.00. The number of fused-ring (bicyclic) bond motifs is 1. The summed E-state index contributed by atoms with van der Waals surface area (Å²) in [6, 6.07) is 0. The number of aliphatic hydroxyl groups is 1. The van der Waals surface area contributed by atoms with Gasteiger partial charge in [-0.1, -0.05) is 20.8 Å². The summed E-state index contributed by atoms with van der Waals surface area (Å²) in [4.78, 5) is 0. The van der Waals surface area contributed by atoms with E-state index in [1.807, 2.05) is 13.8 Å². The smallest absolute Gasteiger partial charge is 0.191 e. The highest BCUT2D eigenvalue weighted by Crippen LogP contribution is 2.37. The molecular formula is C19H38O5Si. The van der Waals surface area contributed by atoms with Crippen LogP contribution >= 0.6 is 0 Å². The van der Waals surface area contributed by atoms with Gasteiger partial charge in [0.2, 0.25) is 0 Å². The van der Waals surface area contributed by atoms with Gasteiger partial charge in [-0.2, -0.15) is 0 Å². The van der Waals surface area contributed by atoms with Gasteiger partial charge in [0.05, 0.1) is 24.9 Å². The number of hydrogen-bond acceptors (Lipinski definition) is 5. The van der Waals surface area contributed by atoms with E-state index in [1.54, 1.807) is 0 Å². The van der Waals surface area contributed by atoms with E-state index in [4.69, 9.17) is 18.6 Å². The monoisotopic (exact) mass is 374 g/mol. The topological polar surface area (TPSA) is 57.2 Å². The Morgan fingerprint density at radius 1 is 1.16 bits per heavy atom. The molecule has 2 aliphatic rings. The predicted octanol–water partition coefficient (Wildman–Crippen LogP) is 3.85. The normalized spacial score (nSPS) is 33.6. The third-order valence-corrected chi connectivity index (χ3v) is 10.4. The van der Waals surface area contributed by atoms with Gasteiger partial charge in [0, 0.05) is 6.61 Å². The van der Waals surface area contributed by atoms with Crippen molar-refractivity contribution in [3.05, 3.63) is 0 Å². The van der Waals surface area contributed by atoms with Gasteiger partial charge < -0.3 is 23.7 Å². The average molecular weight is 375 g/mol. The molecule has 0 aliphatic carbocycles. The van der Waals surface area contributed by atoms with E-state index < -0.39 is 20.2 Å². The summed E-state index contributed by atoms with van der Waals surface area (Å²) in [5, 5.41) is 10.7. The lowest BCUT2D eigenvalue weighted by Crippen LogP contribution is -2.50. The van der Waals surface area contributed by atoms with Gasteiger partial charge in [-0.25, -0.2) is 0 Å². The van der Waals surface area contributed by atoms with Gasteiger partial charge in [-0.05, 0) is 57.7 Å². The van der Waals surface area contributed by atoms with E-state index in [0.29, 0.717) is 13.0 Å². The molecule has 4 atom stereocenters. The van der Waals surface area contributed by atoms with Gasteiger partial charge >= 0.3 is 0 Å². The zero-order valence-electron chi connectivity index (χ0n) is 17.1. The Bertz CT molecular complexity index is 432. The molecule has 2 aliphatic heterocycles. The highest BCUT2D eigenvalue weighted by atomic mass is 28.4. The molecule has 2 saturated heterocycles. The van der Waals surface area contributed by atoms with Crippen molar-refractivity contribution in [3.8, 4) is 0 Å². The molecule has 0 radical (unpaired) electrons. The van der Waals surface area contributed by atoms with Crippen molar-refractivity contribution in [1.29, 1.82) is 0 Å².